The maximum absolute atomic E-state index is 11.7. The summed E-state index contributed by atoms with van der Waals surface area (Å²) in [5.74, 6) is 0.801. The smallest absolute Gasteiger partial charge is 0.407 e. The molecule has 2 aliphatic rings. The standard InChI is InChI=1S/C30H28ClN3O3.2ClH/c31-24-10-5-22(6-11-24)28(34-17-15-30(16-18-34)20-32-29(35)37-30)23-8-13-26(14-9-23)36-19-25-12-7-21-3-1-2-4-27(21)33-25;;/h1-14,28H,15-20H2,(H,32,35);2*1H. The van der Waals surface area contributed by atoms with Crippen LogP contribution in [0.15, 0.2) is 84.9 Å². The van der Waals surface area contributed by atoms with E-state index >= 15 is 0 Å². The van der Waals surface area contributed by atoms with Crippen molar-refractivity contribution in [3.05, 3.63) is 107 Å². The molecule has 1 atom stereocenters. The molecule has 1 N–H and O–H groups in total. The van der Waals surface area contributed by atoms with Crippen LogP contribution in [0.3, 0.4) is 0 Å². The number of hydrogen-bond donors (Lipinski definition) is 1. The summed E-state index contributed by atoms with van der Waals surface area (Å²) in [7, 11) is 0. The lowest BCUT2D eigenvalue weighted by molar-refractivity contribution is -0.00618. The lowest BCUT2D eigenvalue weighted by Crippen LogP contribution is -2.47. The number of rotatable bonds is 6. The molecule has 1 amide bonds. The third-order valence-electron chi connectivity index (χ3n) is 7.36. The monoisotopic (exact) mass is 585 g/mol. The van der Waals surface area contributed by atoms with Crippen LogP contribution in [0.1, 0.15) is 35.7 Å². The Balaban J connectivity index is 0.00000176. The predicted octanol–water partition coefficient (Wildman–Crippen LogP) is 6.97. The Morgan fingerprint density at radius 3 is 2.26 bits per heavy atom. The van der Waals surface area contributed by atoms with Gasteiger partial charge < -0.3 is 14.8 Å². The van der Waals surface area contributed by atoms with Crippen molar-refractivity contribution in [2.75, 3.05) is 19.6 Å². The molecule has 0 aliphatic carbocycles. The first kappa shape index (κ1) is 29.0. The fourth-order valence-corrected chi connectivity index (χ4v) is 5.45. The zero-order chi connectivity index (χ0) is 25.2. The van der Waals surface area contributed by atoms with Crippen molar-refractivity contribution in [2.24, 2.45) is 0 Å². The molecule has 6 rings (SSSR count). The van der Waals surface area contributed by atoms with Gasteiger partial charge in [-0.1, -0.05) is 60.1 Å². The number of benzene rings is 3. The maximum atomic E-state index is 11.7. The summed E-state index contributed by atoms with van der Waals surface area (Å²) in [6.45, 7) is 2.65. The molecule has 1 spiro atoms. The average molecular weight is 587 g/mol. The third-order valence-corrected chi connectivity index (χ3v) is 7.61. The lowest BCUT2D eigenvalue weighted by Gasteiger charge is -2.41. The Morgan fingerprint density at radius 2 is 1.59 bits per heavy atom. The summed E-state index contributed by atoms with van der Waals surface area (Å²) < 4.78 is 11.7. The first-order chi connectivity index (χ1) is 18.1. The van der Waals surface area contributed by atoms with Crippen LogP contribution >= 0.6 is 36.4 Å². The number of nitrogens with zero attached hydrogens (tertiary/aromatic N) is 2. The van der Waals surface area contributed by atoms with Gasteiger partial charge in [-0.2, -0.15) is 0 Å². The molecule has 0 bridgehead atoms. The second-order valence-corrected chi connectivity index (χ2v) is 10.2. The van der Waals surface area contributed by atoms with Crippen molar-refractivity contribution in [1.29, 1.82) is 0 Å². The summed E-state index contributed by atoms with van der Waals surface area (Å²) >= 11 is 6.19. The number of para-hydroxylation sites is 1. The zero-order valence-corrected chi connectivity index (χ0v) is 23.6. The number of fused-ring (bicyclic) bond motifs is 1. The van der Waals surface area contributed by atoms with Crippen LogP contribution in [0, 0.1) is 0 Å². The number of aromatic nitrogens is 1. The Hall–Kier alpha value is -3.03. The molecule has 0 radical (unpaired) electrons. The normalized spacial score (nSPS) is 17.0. The van der Waals surface area contributed by atoms with E-state index in [1.165, 1.54) is 11.1 Å². The molecule has 1 aromatic heterocycles. The van der Waals surface area contributed by atoms with Crippen LogP contribution in [0.2, 0.25) is 5.02 Å². The molecule has 39 heavy (non-hydrogen) atoms. The highest BCUT2D eigenvalue weighted by atomic mass is 35.5. The maximum Gasteiger partial charge on any atom is 0.407 e. The van der Waals surface area contributed by atoms with E-state index in [9.17, 15) is 4.79 Å². The number of hydrogen-bond acceptors (Lipinski definition) is 5. The van der Waals surface area contributed by atoms with Crippen molar-refractivity contribution in [1.82, 2.24) is 15.2 Å². The molecule has 204 valence electrons. The first-order valence-corrected chi connectivity index (χ1v) is 13.0. The number of carbonyl (C=O) groups excluding carboxylic acids is 1. The van der Waals surface area contributed by atoms with Gasteiger partial charge in [0.2, 0.25) is 0 Å². The van der Waals surface area contributed by atoms with Crippen molar-refractivity contribution in [3.63, 3.8) is 0 Å². The second kappa shape index (κ2) is 12.4. The number of nitrogens with one attached hydrogen (secondary N) is 1. The van der Waals surface area contributed by atoms with Gasteiger partial charge in [-0.25, -0.2) is 9.78 Å². The van der Waals surface area contributed by atoms with Crippen LogP contribution in [-0.2, 0) is 11.3 Å². The summed E-state index contributed by atoms with van der Waals surface area (Å²) in [6, 6.07) is 28.6. The zero-order valence-electron chi connectivity index (χ0n) is 21.2. The third kappa shape index (κ3) is 6.42. The highest BCUT2D eigenvalue weighted by molar-refractivity contribution is 6.30. The number of ether oxygens (including phenoxy) is 2. The van der Waals surface area contributed by atoms with Crippen LogP contribution in [0.25, 0.3) is 10.9 Å². The minimum absolute atomic E-state index is 0. The van der Waals surface area contributed by atoms with E-state index in [1.54, 1.807) is 0 Å². The van der Waals surface area contributed by atoms with Crippen LogP contribution in [-0.4, -0.2) is 41.2 Å². The summed E-state index contributed by atoms with van der Waals surface area (Å²) in [6.07, 6.45) is 1.29. The highest BCUT2D eigenvalue weighted by Gasteiger charge is 2.44. The Bertz CT molecular complexity index is 1410. The fourth-order valence-electron chi connectivity index (χ4n) is 5.32. The van der Waals surface area contributed by atoms with Crippen LogP contribution < -0.4 is 10.1 Å². The van der Waals surface area contributed by atoms with Crippen molar-refractivity contribution < 1.29 is 14.3 Å². The van der Waals surface area contributed by atoms with Gasteiger partial charge in [0.25, 0.3) is 0 Å². The Morgan fingerprint density at radius 1 is 0.923 bits per heavy atom. The van der Waals surface area contributed by atoms with E-state index in [1.807, 2.05) is 48.5 Å². The molecule has 2 aliphatic heterocycles. The number of alkyl carbamates (subject to hydrolysis) is 1. The van der Waals surface area contributed by atoms with Crippen LogP contribution in [0.4, 0.5) is 4.79 Å². The molecule has 2 fully saturated rings. The van der Waals surface area contributed by atoms with Gasteiger partial charge >= 0.3 is 6.09 Å². The van der Waals surface area contributed by atoms with Crippen molar-refractivity contribution in [3.8, 4) is 5.75 Å². The molecule has 2 saturated heterocycles. The van der Waals surface area contributed by atoms with E-state index in [0.29, 0.717) is 13.2 Å². The van der Waals surface area contributed by atoms with Gasteiger partial charge in [-0.05, 0) is 47.5 Å². The van der Waals surface area contributed by atoms with E-state index in [2.05, 4.69) is 46.6 Å². The molecular formula is C30H30Cl3N3O3. The molecule has 9 heteroatoms. The van der Waals surface area contributed by atoms with Gasteiger partial charge in [0, 0.05) is 36.3 Å². The Labute approximate surface area is 245 Å². The average Bonchev–Trinajstić information content (AvgIpc) is 3.30. The van der Waals surface area contributed by atoms with Gasteiger partial charge in [0.1, 0.15) is 18.0 Å². The molecule has 1 unspecified atom stereocenters. The highest BCUT2D eigenvalue weighted by Crippen LogP contribution is 2.37. The van der Waals surface area contributed by atoms with Gasteiger partial charge in [0.05, 0.1) is 23.8 Å². The fraction of sp³-hybridized carbons (Fsp3) is 0.267. The molecule has 3 aromatic carbocycles. The van der Waals surface area contributed by atoms with Gasteiger partial charge in [-0.15, -0.1) is 24.8 Å². The summed E-state index contributed by atoms with van der Waals surface area (Å²) in [4.78, 5) is 18.8. The van der Waals surface area contributed by atoms with E-state index in [0.717, 1.165) is 53.3 Å². The Kier molecular flexibility index (Phi) is 9.23. The molecule has 0 saturated carbocycles. The van der Waals surface area contributed by atoms with Crippen molar-refractivity contribution in [2.45, 2.75) is 31.1 Å². The van der Waals surface area contributed by atoms with Gasteiger partial charge in [-0.3, -0.25) is 4.90 Å². The largest absolute Gasteiger partial charge is 0.487 e. The number of likely N-dealkylation sites (tertiary alicyclic amines) is 1. The quantitative estimate of drug-likeness (QED) is 0.264. The molecular weight excluding hydrogens is 557 g/mol. The molecule has 3 heterocycles. The van der Waals surface area contributed by atoms with E-state index < -0.39 is 0 Å². The minimum atomic E-state index is -0.382. The van der Waals surface area contributed by atoms with E-state index in [-0.39, 0.29) is 42.6 Å². The molecule has 4 aromatic rings. The van der Waals surface area contributed by atoms with Crippen molar-refractivity contribution >= 4 is 53.4 Å². The summed E-state index contributed by atoms with van der Waals surface area (Å²) in [5, 5.41) is 4.66. The number of halogens is 3. The number of carbonyl (C=O) groups is 1. The van der Waals surface area contributed by atoms with Gasteiger partial charge in [0.15, 0.2) is 0 Å². The predicted molar refractivity (Wildman–Crippen MR) is 158 cm³/mol. The van der Waals surface area contributed by atoms with Crippen LogP contribution in [0.5, 0.6) is 5.75 Å². The SMILES string of the molecule is Cl.Cl.O=C1NCC2(CCN(C(c3ccc(Cl)cc3)c3ccc(OCc4ccc5ccccc5n4)cc3)CC2)O1. The first-order valence-electron chi connectivity index (χ1n) is 12.6. The molecule has 6 nitrogen and oxygen atoms in total. The summed E-state index contributed by atoms with van der Waals surface area (Å²) in [5.41, 5.74) is 3.83. The van der Waals surface area contributed by atoms with E-state index in [4.69, 9.17) is 26.1 Å². The second-order valence-electron chi connectivity index (χ2n) is 9.77. The minimum Gasteiger partial charge on any atom is -0.487 e. The number of piperidine rings is 1. The lowest BCUT2D eigenvalue weighted by atomic mass is 9.88. The topological polar surface area (TPSA) is 63.7 Å². The number of pyridine rings is 1. The number of amides is 1.